The minimum Gasteiger partial charge on any atom is -0.496 e. The molecule has 10 nitrogen and oxygen atoms in total. The number of unbranched alkanes of at least 4 members (excludes halogenated alkanes) is 2. The van der Waals surface area contributed by atoms with E-state index < -0.39 is 0 Å². The van der Waals surface area contributed by atoms with Gasteiger partial charge in [0.2, 0.25) is 5.95 Å². The number of aromatic nitrogens is 4. The molecule has 10 heteroatoms. The topological polar surface area (TPSA) is 146 Å². The standard InChI is InChI=1S/C19H25N7O2.C5H12O/c1-27-16-8-12(9-22-14-4-6-28-7-5-14)2-3-13(16)11-26-17-15(10-23-26)24-19(21)25-18(17)20;1-2-3-4-5-6/h2-3,8,10,14,22H,4-7,9,11H2,1H3,(H4,20,21,24,25);6H,2-5H2,1H3. The molecular formula is C24H37N7O3. The molecule has 0 atom stereocenters. The van der Waals surface area contributed by atoms with Crippen molar-refractivity contribution in [3.8, 4) is 5.75 Å². The van der Waals surface area contributed by atoms with Crippen LogP contribution in [0.25, 0.3) is 11.0 Å². The summed E-state index contributed by atoms with van der Waals surface area (Å²) in [6.07, 6.45) is 7.07. The van der Waals surface area contributed by atoms with Gasteiger partial charge in [-0.15, -0.1) is 0 Å². The Hall–Kier alpha value is -2.95. The maximum atomic E-state index is 8.20. The predicted octanol–water partition coefficient (Wildman–Crippen LogP) is 2.49. The van der Waals surface area contributed by atoms with Crippen molar-refractivity contribution in [1.82, 2.24) is 25.1 Å². The first-order valence-electron chi connectivity index (χ1n) is 11.9. The van der Waals surface area contributed by atoms with Crippen molar-refractivity contribution in [2.75, 3.05) is 38.4 Å². The number of nitrogen functional groups attached to an aromatic ring is 2. The summed E-state index contributed by atoms with van der Waals surface area (Å²) in [4.78, 5) is 8.22. The van der Waals surface area contributed by atoms with Gasteiger partial charge in [0, 0.05) is 38.0 Å². The number of hydrogen-bond acceptors (Lipinski definition) is 9. The molecule has 4 rings (SSSR count). The summed E-state index contributed by atoms with van der Waals surface area (Å²) in [6.45, 7) is 5.43. The lowest BCUT2D eigenvalue weighted by Gasteiger charge is -2.23. The third-order valence-electron chi connectivity index (χ3n) is 5.78. The van der Waals surface area contributed by atoms with Crippen molar-refractivity contribution in [1.29, 1.82) is 0 Å². The fourth-order valence-corrected chi connectivity index (χ4v) is 3.88. The summed E-state index contributed by atoms with van der Waals surface area (Å²) in [5.74, 6) is 1.27. The second-order valence-corrected chi connectivity index (χ2v) is 8.35. The van der Waals surface area contributed by atoms with Crippen molar-refractivity contribution in [3.05, 3.63) is 35.5 Å². The zero-order valence-electron chi connectivity index (χ0n) is 20.2. The van der Waals surface area contributed by atoms with E-state index in [0.717, 1.165) is 56.8 Å². The highest BCUT2D eigenvalue weighted by molar-refractivity contribution is 5.85. The number of anilines is 2. The quantitative estimate of drug-likeness (QED) is 0.346. The summed E-state index contributed by atoms with van der Waals surface area (Å²) in [6, 6.07) is 6.73. The van der Waals surface area contributed by atoms with E-state index in [0.29, 0.717) is 36.0 Å². The van der Waals surface area contributed by atoms with Gasteiger partial charge in [-0.3, -0.25) is 4.68 Å². The maximum Gasteiger partial charge on any atom is 0.222 e. The van der Waals surface area contributed by atoms with E-state index in [1.165, 1.54) is 12.0 Å². The molecule has 1 saturated heterocycles. The molecule has 0 saturated carbocycles. The number of aliphatic hydroxyl groups is 1. The fourth-order valence-electron chi connectivity index (χ4n) is 3.88. The number of nitrogens with one attached hydrogen (secondary N) is 1. The number of hydrogen-bond donors (Lipinski definition) is 4. The molecule has 3 heterocycles. The highest BCUT2D eigenvalue weighted by Crippen LogP contribution is 2.25. The molecule has 2 aromatic heterocycles. The fraction of sp³-hybridized carbons (Fsp3) is 0.542. The van der Waals surface area contributed by atoms with Gasteiger partial charge in [-0.2, -0.15) is 10.1 Å². The number of nitrogens with zero attached hydrogens (tertiary/aromatic N) is 4. The number of aliphatic hydroxyl groups excluding tert-OH is 1. The summed E-state index contributed by atoms with van der Waals surface area (Å²) >= 11 is 0. The molecule has 0 amide bonds. The molecule has 1 aromatic carbocycles. The van der Waals surface area contributed by atoms with E-state index in [-0.39, 0.29) is 5.95 Å². The van der Waals surface area contributed by atoms with Crippen LogP contribution in [0.15, 0.2) is 24.4 Å². The number of rotatable bonds is 9. The summed E-state index contributed by atoms with van der Waals surface area (Å²) < 4.78 is 12.8. The van der Waals surface area contributed by atoms with Crippen LogP contribution in [-0.4, -0.2) is 57.8 Å². The molecule has 0 bridgehead atoms. The van der Waals surface area contributed by atoms with Gasteiger partial charge in [-0.25, -0.2) is 4.98 Å². The number of ether oxygens (including phenoxy) is 2. The molecule has 186 valence electrons. The largest absolute Gasteiger partial charge is 0.496 e. The van der Waals surface area contributed by atoms with Crippen LogP contribution in [0.1, 0.15) is 50.2 Å². The first kappa shape index (κ1) is 25.7. The van der Waals surface area contributed by atoms with Crippen LogP contribution in [0.5, 0.6) is 5.75 Å². The minimum atomic E-state index is 0.142. The Labute approximate surface area is 200 Å². The van der Waals surface area contributed by atoms with E-state index in [9.17, 15) is 0 Å². The van der Waals surface area contributed by atoms with E-state index in [4.69, 9.17) is 26.0 Å². The molecule has 6 N–H and O–H groups in total. The molecule has 1 aliphatic rings. The van der Waals surface area contributed by atoms with Gasteiger partial charge >= 0.3 is 0 Å². The summed E-state index contributed by atoms with van der Waals surface area (Å²) in [7, 11) is 1.67. The van der Waals surface area contributed by atoms with E-state index in [1.54, 1.807) is 18.0 Å². The van der Waals surface area contributed by atoms with Gasteiger partial charge in [0.1, 0.15) is 16.8 Å². The Morgan fingerprint density at radius 1 is 1.21 bits per heavy atom. The molecule has 0 radical (unpaired) electrons. The Balaban J connectivity index is 0.000000481. The SMILES string of the molecule is CCCCCO.COc1cc(CNC2CCOCC2)ccc1Cn1ncc2nc(N)nc(N)c21. The first-order valence-corrected chi connectivity index (χ1v) is 11.9. The van der Waals surface area contributed by atoms with Gasteiger partial charge in [0.05, 0.1) is 19.9 Å². The normalized spacial score (nSPS) is 14.1. The molecule has 34 heavy (non-hydrogen) atoms. The van der Waals surface area contributed by atoms with Crippen molar-refractivity contribution in [3.63, 3.8) is 0 Å². The predicted molar refractivity (Wildman–Crippen MR) is 134 cm³/mol. The number of benzene rings is 1. The van der Waals surface area contributed by atoms with Gasteiger partial charge in [0.15, 0.2) is 5.82 Å². The minimum absolute atomic E-state index is 0.142. The van der Waals surface area contributed by atoms with E-state index in [1.807, 2.05) is 0 Å². The lowest BCUT2D eigenvalue weighted by molar-refractivity contribution is 0.0776. The molecule has 0 spiro atoms. The van der Waals surface area contributed by atoms with Crippen molar-refractivity contribution in [2.45, 2.75) is 58.2 Å². The van der Waals surface area contributed by atoms with Crippen LogP contribution in [0.2, 0.25) is 0 Å². The second-order valence-electron chi connectivity index (χ2n) is 8.35. The Morgan fingerprint density at radius 2 is 2.00 bits per heavy atom. The van der Waals surface area contributed by atoms with Crippen LogP contribution in [0, 0.1) is 0 Å². The molecule has 0 aliphatic carbocycles. The average Bonchev–Trinajstić information content (AvgIpc) is 3.25. The van der Waals surface area contributed by atoms with Crippen molar-refractivity contribution in [2.24, 2.45) is 0 Å². The Bertz CT molecular complexity index is 1030. The third-order valence-corrected chi connectivity index (χ3v) is 5.78. The van der Waals surface area contributed by atoms with E-state index >= 15 is 0 Å². The van der Waals surface area contributed by atoms with Gasteiger partial charge in [-0.1, -0.05) is 31.9 Å². The van der Waals surface area contributed by atoms with Crippen LogP contribution in [-0.2, 0) is 17.8 Å². The number of nitrogens with two attached hydrogens (primary N) is 2. The number of fused-ring (bicyclic) bond motifs is 1. The summed E-state index contributed by atoms with van der Waals surface area (Å²) in [5, 5.41) is 16.2. The van der Waals surface area contributed by atoms with Gasteiger partial charge in [-0.05, 0) is 30.9 Å². The second kappa shape index (κ2) is 13.1. The van der Waals surface area contributed by atoms with Crippen LogP contribution in [0.4, 0.5) is 11.8 Å². The molecular weight excluding hydrogens is 434 g/mol. The third kappa shape index (κ3) is 7.02. The monoisotopic (exact) mass is 471 g/mol. The molecule has 1 aliphatic heterocycles. The highest BCUT2D eigenvalue weighted by Gasteiger charge is 2.15. The smallest absolute Gasteiger partial charge is 0.222 e. The number of methoxy groups -OCH3 is 1. The van der Waals surface area contributed by atoms with Crippen LogP contribution in [0.3, 0.4) is 0 Å². The molecule has 3 aromatic rings. The van der Waals surface area contributed by atoms with Crippen LogP contribution >= 0.6 is 0 Å². The van der Waals surface area contributed by atoms with Crippen molar-refractivity contribution >= 4 is 22.8 Å². The summed E-state index contributed by atoms with van der Waals surface area (Å²) in [5.41, 5.74) is 15.1. The first-order chi connectivity index (χ1) is 16.5. The zero-order chi connectivity index (χ0) is 24.3. The lowest BCUT2D eigenvalue weighted by atomic mass is 10.1. The zero-order valence-corrected chi connectivity index (χ0v) is 20.2. The van der Waals surface area contributed by atoms with E-state index in [2.05, 4.69) is 45.5 Å². The molecule has 1 fully saturated rings. The van der Waals surface area contributed by atoms with Crippen molar-refractivity contribution < 1.29 is 14.6 Å². The lowest BCUT2D eigenvalue weighted by Crippen LogP contribution is -2.34. The highest BCUT2D eigenvalue weighted by atomic mass is 16.5. The van der Waals surface area contributed by atoms with Crippen LogP contribution < -0.4 is 21.5 Å². The average molecular weight is 472 g/mol. The Morgan fingerprint density at radius 3 is 2.68 bits per heavy atom. The van der Waals surface area contributed by atoms with Gasteiger partial charge < -0.3 is 31.4 Å². The maximum absolute atomic E-state index is 8.20. The molecule has 0 unspecified atom stereocenters. The van der Waals surface area contributed by atoms with Gasteiger partial charge in [0.25, 0.3) is 0 Å². The Kier molecular flexibility index (Phi) is 9.87.